The highest BCUT2D eigenvalue weighted by atomic mass is 16.5. The largest absolute Gasteiger partial charge is 0.478 e. The summed E-state index contributed by atoms with van der Waals surface area (Å²) in [7, 11) is 0. The minimum absolute atomic E-state index is 0.294. The lowest BCUT2D eigenvalue weighted by atomic mass is 9.93. The Morgan fingerprint density at radius 2 is 2.04 bits per heavy atom. The lowest BCUT2D eigenvalue weighted by Crippen LogP contribution is -2.54. The first kappa shape index (κ1) is 16.2. The van der Waals surface area contributed by atoms with Crippen molar-refractivity contribution in [2.24, 2.45) is 0 Å². The van der Waals surface area contributed by atoms with E-state index in [4.69, 9.17) is 4.74 Å². The highest BCUT2D eigenvalue weighted by molar-refractivity contribution is 5.79. The Bertz CT molecular complexity index is 512. The van der Waals surface area contributed by atoms with E-state index in [9.17, 15) is 4.79 Å². The molecule has 126 valence electrons. The molecule has 0 N–H and O–H groups in total. The van der Waals surface area contributed by atoms with Gasteiger partial charge >= 0.3 is 0 Å². The van der Waals surface area contributed by atoms with Crippen LogP contribution in [-0.4, -0.2) is 53.0 Å². The number of nitrogens with zero attached hydrogens (tertiary/aromatic N) is 3. The second-order valence-electron chi connectivity index (χ2n) is 6.53. The van der Waals surface area contributed by atoms with Crippen molar-refractivity contribution in [1.82, 2.24) is 14.8 Å². The molecule has 0 atom stereocenters. The molecule has 0 unspecified atom stereocenters. The van der Waals surface area contributed by atoms with Crippen LogP contribution in [0.3, 0.4) is 0 Å². The molecule has 2 aliphatic rings. The highest BCUT2D eigenvalue weighted by Gasteiger charge is 2.30. The Balaban J connectivity index is 1.52. The van der Waals surface area contributed by atoms with Crippen LogP contribution in [0.1, 0.15) is 44.6 Å². The van der Waals surface area contributed by atoms with E-state index in [0.29, 0.717) is 31.0 Å². The zero-order chi connectivity index (χ0) is 16.1. The van der Waals surface area contributed by atoms with Crippen LogP contribution < -0.4 is 4.74 Å². The van der Waals surface area contributed by atoms with Crippen molar-refractivity contribution in [3.8, 4) is 5.88 Å². The molecular weight excluding hydrogens is 290 g/mol. The fraction of sp³-hybridized carbons (Fsp3) is 0.667. The number of hydrogen-bond donors (Lipinski definition) is 0. The SMILES string of the molecule is CCOc1ccc(CN2CCN(C3CCCCC3)C(=O)C2)cn1. The van der Waals surface area contributed by atoms with Gasteiger partial charge in [0.05, 0.1) is 13.2 Å². The van der Waals surface area contributed by atoms with Gasteiger partial charge in [-0.25, -0.2) is 4.98 Å². The number of pyridine rings is 1. The smallest absolute Gasteiger partial charge is 0.237 e. The monoisotopic (exact) mass is 317 g/mol. The van der Waals surface area contributed by atoms with Crippen molar-refractivity contribution in [3.05, 3.63) is 23.9 Å². The molecule has 1 aromatic heterocycles. The predicted octanol–water partition coefficient (Wildman–Crippen LogP) is 2.46. The summed E-state index contributed by atoms with van der Waals surface area (Å²) in [6, 6.07) is 4.43. The molecule has 5 heteroatoms. The Morgan fingerprint density at radius 3 is 2.70 bits per heavy atom. The van der Waals surface area contributed by atoms with E-state index in [0.717, 1.165) is 25.2 Å². The lowest BCUT2D eigenvalue weighted by Gasteiger charge is -2.40. The second kappa shape index (κ2) is 7.77. The van der Waals surface area contributed by atoms with E-state index in [1.165, 1.54) is 32.1 Å². The summed E-state index contributed by atoms with van der Waals surface area (Å²) in [5.41, 5.74) is 1.13. The number of piperazine rings is 1. The molecule has 1 saturated carbocycles. The average molecular weight is 317 g/mol. The highest BCUT2D eigenvalue weighted by Crippen LogP contribution is 2.24. The number of carbonyl (C=O) groups is 1. The molecule has 0 bridgehead atoms. The van der Waals surface area contributed by atoms with Crippen LogP contribution in [0.4, 0.5) is 0 Å². The Labute approximate surface area is 138 Å². The topological polar surface area (TPSA) is 45.7 Å². The molecule has 1 aliphatic heterocycles. The van der Waals surface area contributed by atoms with Crippen LogP contribution in [0.15, 0.2) is 18.3 Å². The summed E-state index contributed by atoms with van der Waals surface area (Å²) in [4.78, 5) is 21.1. The number of aromatic nitrogens is 1. The molecule has 1 saturated heterocycles. The zero-order valence-corrected chi connectivity index (χ0v) is 14.0. The fourth-order valence-corrected chi connectivity index (χ4v) is 3.64. The Hall–Kier alpha value is -1.62. The summed E-state index contributed by atoms with van der Waals surface area (Å²) < 4.78 is 5.36. The number of rotatable bonds is 5. The van der Waals surface area contributed by atoms with E-state index < -0.39 is 0 Å². The molecule has 1 aromatic rings. The van der Waals surface area contributed by atoms with Crippen molar-refractivity contribution in [2.45, 2.75) is 51.6 Å². The van der Waals surface area contributed by atoms with Crippen molar-refractivity contribution in [2.75, 3.05) is 26.2 Å². The quantitative estimate of drug-likeness (QED) is 0.837. The van der Waals surface area contributed by atoms with Gasteiger partial charge in [0.2, 0.25) is 11.8 Å². The average Bonchev–Trinajstić information content (AvgIpc) is 2.58. The lowest BCUT2D eigenvalue weighted by molar-refractivity contribution is -0.139. The van der Waals surface area contributed by atoms with Crippen LogP contribution in [0.2, 0.25) is 0 Å². The van der Waals surface area contributed by atoms with Crippen molar-refractivity contribution in [1.29, 1.82) is 0 Å². The fourth-order valence-electron chi connectivity index (χ4n) is 3.64. The van der Waals surface area contributed by atoms with Gasteiger partial charge in [-0.15, -0.1) is 0 Å². The summed E-state index contributed by atoms with van der Waals surface area (Å²) in [5.74, 6) is 0.955. The van der Waals surface area contributed by atoms with E-state index in [-0.39, 0.29) is 0 Å². The molecule has 0 spiro atoms. The van der Waals surface area contributed by atoms with Gasteiger partial charge in [-0.3, -0.25) is 9.69 Å². The number of carbonyl (C=O) groups excluding carboxylic acids is 1. The van der Waals surface area contributed by atoms with Crippen LogP contribution in [0.25, 0.3) is 0 Å². The molecular formula is C18H27N3O2. The molecule has 0 aromatic carbocycles. The van der Waals surface area contributed by atoms with Crippen LogP contribution in [0.5, 0.6) is 5.88 Å². The summed E-state index contributed by atoms with van der Waals surface area (Å²) >= 11 is 0. The molecule has 2 fully saturated rings. The minimum Gasteiger partial charge on any atom is -0.478 e. The molecule has 0 radical (unpaired) electrons. The van der Waals surface area contributed by atoms with Crippen LogP contribution >= 0.6 is 0 Å². The molecule has 23 heavy (non-hydrogen) atoms. The van der Waals surface area contributed by atoms with Gasteiger partial charge in [-0.1, -0.05) is 25.3 Å². The van der Waals surface area contributed by atoms with Crippen molar-refractivity contribution < 1.29 is 9.53 Å². The Kier molecular flexibility index (Phi) is 5.49. The van der Waals surface area contributed by atoms with E-state index in [1.54, 1.807) is 0 Å². The van der Waals surface area contributed by atoms with Gasteiger partial charge in [-0.05, 0) is 25.3 Å². The van der Waals surface area contributed by atoms with E-state index in [2.05, 4.69) is 14.8 Å². The Morgan fingerprint density at radius 1 is 1.22 bits per heavy atom. The van der Waals surface area contributed by atoms with Gasteiger partial charge in [0.25, 0.3) is 0 Å². The molecule has 1 amide bonds. The third kappa shape index (κ3) is 4.22. The maximum Gasteiger partial charge on any atom is 0.237 e. The maximum absolute atomic E-state index is 12.5. The van der Waals surface area contributed by atoms with Gasteiger partial charge < -0.3 is 9.64 Å². The van der Waals surface area contributed by atoms with E-state index >= 15 is 0 Å². The van der Waals surface area contributed by atoms with Gasteiger partial charge in [0.1, 0.15) is 0 Å². The molecule has 3 rings (SSSR count). The van der Waals surface area contributed by atoms with E-state index in [1.807, 2.05) is 25.3 Å². The molecule has 1 aliphatic carbocycles. The maximum atomic E-state index is 12.5. The van der Waals surface area contributed by atoms with Crippen molar-refractivity contribution >= 4 is 5.91 Å². The third-order valence-electron chi connectivity index (χ3n) is 4.85. The van der Waals surface area contributed by atoms with Crippen molar-refractivity contribution in [3.63, 3.8) is 0 Å². The number of amides is 1. The third-order valence-corrected chi connectivity index (χ3v) is 4.85. The van der Waals surface area contributed by atoms with Gasteiger partial charge in [0, 0.05) is 37.9 Å². The minimum atomic E-state index is 0.294. The van der Waals surface area contributed by atoms with Crippen LogP contribution in [0, 0.1) is 0 Å². The summed E-state index contributed by atoms with van der Waals surface area (Å²) in [6.07, 6.45) is 8.10. The van der Waals surface area contributed by atoms with Gasteiger partial charge in [-0.2, -0.15) is 0 Å². The molecule has 5 nitrogen and oxygen atoms in total. The number of hydrogen-bond acceptors (Lipinski definition) is 4. The summed E-state index contributed by atoms with van der Waals surface area (Å²) in [5, 5.41) is 0. The first-order valence-corrected chi connectivity index (χ1v) is 8.86. The summed E-state index contributed by atoms with van der Waals surface area (Å²) in [6.45, 7) is 5.72. The predicted molar refractivity (Wildman–Crippen MR) is 89.3 cm³/mol. The number of ether oxygens (including phenoxy) is 1. The van der Waals surface area contributed by atoms with Gasteiger partial charge in [0.15, 0.2) is 0 Å². The first-order valence-electron chi connectivity index (χ1n) is 8.86. The van der Waals surface area contributed by atoms with Crippen LogP contribution in [-0.2, 0) is 11.3 Å². The zero-order valence-electron chi connectivity index (χ0n) is 14.0. The second-order valence-corrected chi connectivity index (χ2v) is 6.53. The normalized spacial score (nSPS) is 20.7. The standard InChI is InChI=1S/C18H27N3O2/c1-2-23-17-9-8-15(12-19-17)13-20-10-11-21(18(22)14-20)16-6-4-3-5-7-16/h8-9,12,16H,2-7,10-11,13-14H2,1H3. The molecule has 2 heterocycles. The first-order chi connectivity index (χ1) is 11.3.